The van der Waals surface area contributed by atoms with Gasteiger partial charge in [0.2, 0.25) is 5.91 Å². The molecule has 1 fully saturated rings. The van der Waals surface area contributed by atoms with Crippen LogP contribution < -0.4 is 9.47 Å². The van der Waals surface area contributed by atoms with Gasteiger partial charge < -0.3 is 14.4 Å². The minimum absolute atomic E-state index is 0.148. The van der Waals surface area contributed by atoms with Crippen molar-refractivity contribution in [2.45, 2.75) is 32.0 Å². The van der Waals surface area contributed by atoms with E-state index < -0.39 is 24.7 Å². The van der Waals surface area contributed by atoms with Gasteiger partial charge in [0.05, 0.1) is 14.2 Å². The topological polar surface area (TPSA) is 38.8 Å². The molecule has 1 aliphatic rings. The molecule has 0 aliphatic heterocycles. The Labute approximate surface area is 145 Å². The molecule has 0 N–H and O–H groups in total. The summed E-state index contributed by atoms with van der Waals surface area (Å²) in [6.45, 7) is 0.427. The van der Waals surface area contributed by atoms with Gasteiger partial charge in [-0.1, -0.05) is 0 Å². The smallest absolute Gasteiger partial charge is 0.406 e. The molecule has 0 radical (unpaired) electrons. The van der Waals surface area contributed by atoms with Gasteiger partial charge in [0.25, 0.3) is 0 Å². The van der Waals surface area contributed by atoms with E-state index in [2.05, 4.69) is 0 Å². The number of methoxy groups -OCH3 is 2. The number of carbonyl (C=O) groups is 1. The normalized spacial score (nSPS) is 15.9. The number of rotatable bonds is 7. The van der Waals surface area contributed by atoms with Gasteiger partial charge in [0.1, 0.15) is 18.0 Å². The Balaban J connectivity index is 2.17. The molecule has 25 heavy (non-hydrogen) atoms. The fourth-order valence-electron chi connectivity index (χ4n) is 2.66. The number of alkyl halides is 3. The Morgan fingerprint density at radius 1 is 1.32 bits per heavy atom. The van der Waals surface area contributed by atoms with E-state index in [0.29, 0.717) is 17.1 Å². The summed E-state index contributed by atoms with van der Waals surface area (Å²) in [5.74, 6) is 0.548. The molecule has 1 aromatic carbocycles. The van der Waals surface area contributed by atoms with Gasteiger partial charge >= 0.3 is 6.18 Å². The van der Waals surface area contributed by atoms with Crippen LogP contribution in [0.3, 0.4) is 0 Å². The zero-order valence-corrected chi connectivity index (χ0v) is 14.5. The second-order valence-corrected chi connectivity index (χ2v) is 6.10. The van der Waals surface area contributed by atoms with Gasteiger partial charge in [-0.3, -0.25) is 4.79 Å². The van der Waals surface area contributed by atoms with Crippen molar-refractivity contribution < 1.29 is 27.4 Å². The lowest BCUT2D eigenvalue weighted by molar-refractivity contribution is -0.162. The Bertz CT molecular complexity index is 639. The van der Waals surface area contributed by atoms with Crippen LogP contribution in [0.1, 0.15) is 25.3 Å². The van der Waals surface area contributed by atoms with E-state index in [1.54, 1.807) is 25.1 Å². The number of amides is 1. The summed E-state index contributed by atoms with van der Waals surface area (Å²) in [5, 5.41) is 0. The number of carbonyl (C=O) groups excluding carboxylic acids is 1. The van der Waals surface area contributed by atoms with Crippen molar-refractivity contribution in [2.24, 2.45) is 5.92 Å². The van der Waals surface area contributed by atoms with Gasteiger partial charge in [0.15, 0.2) is 0 Å². The third-order valence-electron chi connectivity index (χ3n) is 4.27. The molecule has 0 aromatic heterocycles. The molecular weight excluding hydrogens is 335 g/mol. The summed E-state index contributed by atoms with van der Waals surface area (Å²) in [6.07, 6.45) is -0.0827. The second-order valence-electron chi connectivity index (χ2n) is 6.10. The molecule has 0 heterocycles. The van der Waals surface area contributed by atoms with Gasteiger partial charge in [-0.2, -0.15) is 13.2 Å². The van der Waals surface area contributed by atoms with E-state index in [4.69, 9.17) is 9.47 Å². The molecule has 0 spiro atoms. The largest absolute Gasteiger partial charge is 0.497 e. The standard InChI is InChI=1S/C18H22F3NO3/c1-12(13-4-5-13)22(11-18(19,20)21)17(23)9-7-14-6-8-15(24-2)10-16(14)25-3/h6-10,12-13H,4-5,11H2,1-3H3. The summed E-state index contributed by atoms with van der Waals surface area (Å²) < 4.78 is 48.8. The van der Waals surface area contributed by atoms with Crippen LogP contribution in [-0.2, 0) is 4.79 Å². The van der Waals surface area contributed by atoms with Crippen LogP contribution in [0, 0.1) is 5.92 Å². The van der Waals surface area contributed by atoms with E-state index in [0.717, 1.165) is 23.8 Å². The fourth-order valence-corrected chi connectivity index (χ4v) is 2.66. The third-order valence-corrected chi connectivity index (χ3v) is 4.27. The zero-order valence-electron chi connectivity index (χ0n) is 14.5. The van der Waals surface area contributed by atoms with E-state index in [9.17, 15) is 18.0 Å². The lowest BCUT2D eigenvalue weighted by Crippen LogP contribution is -2.44. The van der Waals surface area contributed by atoms with Gasteiger partial charge in [0, 0.05) is 23.7 Å². The molecule has 1 unspecified atom stereocenters. The van der Waals surface area contributed by atoms with Crippen molar-refractivity contribution in [3.05, 3.63) is 29.8 Å². The molecule has 1 saturated carbocycles. The predicted molar refractivity (Wildman–Crippen MR) is 88.5 cm³/mol. The highest BCUT2D eigenvalue weighted by atomic mass is 19.4. The maximum Gasteiger partial charge on any atom is 0.406 e. The van der Waals surface area contributed by atoms with Crippen LogP contribution in [-0.4, -0.2) is 43.8 Å². The van der Waals surface area contributed by atoms with E-state index >= 15 is 0 Å². The van der Waals surface area contributed by atoms with Crippen molar-refractivity contribution in [3.63, 3.8) is 0 Å². The maximum atomic E-state index is 12.8. The minimum atomic E-state index is -4.43. The molecule has 0 saturated heterocycles. The first-order valence-corrected chi connectivity index (χ1v) is 8.02. The van der Waals surface area contributed by atoms with Crippen molar-refractivity contribution in [2.75, 3.05) is 20.8 Å². The molecule has 1 atom stereocenters. The molecule has 7 heteroatoms. The zero-order chi connectivity index (χ0) is 18.6. The fraction of sp³-hybridized carbons (Fsp3) is 0.500. The first kappa shape index (κ1) is 19.1. The molecule has 0 bridgehead atoms. The van der Waals surface area contributed by atoms with Crippen LogP contribution in [0.15, 0.2) is 24.3 Å². The Kier molecular flexibility index (Phi) is 5.98. The number of hydrogen-bond donors (Lipinski definition) is 0. The monoisotopic (exact) mass is 357 g/mol. The first-order chi connectivity index (χ1) is 11.7. The quantitative estimate of drug-likeness (QED) is 0.695. The summed E-state index contributed by atoms with van der Waals surface area (Å²) in [5.41, 5.74) is 0.586. The molecule has 4 nitrogen and oxygen atoms in total. The number of halogens is 3. The van der Waals surface area contributed by atoms with Crippen LogP contribution in [0.5, 0.6) is 11.5 Å². The van der Waals surface area contributed by atoms with E-state index in [-0.39, 0.29) is 5.92 Å². The van der Waals surface area contributed by atoms with Crippen LogP contribution in [0.25, 0.3) is 6.08 Å². The summed E-state index contributed by atoms with van der Waals surface area (Å²) in [4.78, 5) is 13.3. The van der Waals surface area contributed by atoms with Crippen LogP contribution in [0.2, 0.25) is 0 Å². The molecule has 1 amide bonds. The third kappa shape index (κ3) is 5.41. The van der Waals surface area contributed by atoms with Gasteiger partial charge in [-0.05, 0) is 43.9 Å². The summed E-state index contributed by atoms with van der Waals surface area (Å²) in [7, 11) is 2.99. The number of nitrogens with zero attached hydrogens (tertiary/aromatic N) is 1. The number of ether oxygens (including phenoxy) is 2. The highest BCUT2D eigenvalue weighted by Gasteiger charge is 2.39. The molecule has 138 valence electrons. The minimum Gasteiger partial charge on any atom is -0.497 e. The SMILES string of the molecule is COc1ccc(C=CC(=O)N(CC(F)(F)F)C(C)C2CC2)c(OC)c1. The van der Waals surface area contributed by atoms with Crippen molar-refractivity contribution in [1.29, 1.82) is 0 Å². The summed E-state index contributed by atoms with van der Waals surface area (Å²) >= 11 is 0. The van der Waals surface area contributed by atoms with Gasteiger partial charge in [-0.25, -0.2) is 0 Å². The highest BCUT2D eigenvalue weighted by Crippen LogP contribution is 2.36. The Hall–Kier alpha value is -2.18. The lowest BCUT2D eigenvalue weighted by Gasteiger charge is -2.29. The van der Waals surface area contributed by atoms with Gasteiger partial charge in [-0.15, -0.1) is 0 Å². The molecule has 2 rings (SSSR count). The second kappa shape index (κ2) is 7.80. The molecular formula is C18H22F3NO3. The maximum absolute atomic E-state index is 12.8. The highest BCUT2D eigenvalue weighted by molar-refractivity contribution is 5.92. The predicted octanol–water partition coefficient (Wildman–Crippen LogP) is 3.91. The Morgan fingerprint density at radius 2 is 2.00 bits per heavy atom. The number of hydrogen-bond acceptors (Lipinski definition) is 3. The van der Waals surface area contributed by atoms with Crippen LogP contribution >= 0.6 is 0 Å². The average Bonchev–Trinajstić information content (AvgIpc) is 3.41. The van der Waals surface area contributed by atoms with Crippen molar-refractivity contribution >= 4 is 12.0 Å². The molecule has 1 aromatic rings. The first-order valence-electron chi connectivity index (χ1n) is 8.02. The Morgan fingerprint density at radius 3 is 2.52 bits per heavy atom. The average molecular weight is 357 g/mol. The lowest BCUT2D eigenvalue weighted by atomic mass is 10.1. The van der Waals surface area contributed by atoms with Crippen LogP contribution in [0.4, 0.5) is 13.2 Å². The van der Waals surface area contributed by atoms with E-state index in [1.165, 1.54) is 20.3 Å². The van der Waals surface area contributed by atoms with E-state index in [1.807, 2.05) is 0 Å². The van der Waals surface area contributed by atoms with Crippen molar-refractivity contribution in [3.8, 4) is 11.5 Å². The summed E-state index contributed by atoms with van der Waals surface area (Å²) in [6, 6.07) is 4.58. The number of benzene rings is 1. The van der Waals surface area contributed by atoms with Crippen molar-refractivity contribution in [1.82, 2.24) is 4.90 Å². The molecule has 1 aliphatic carbocycles.